The highest BCUT2D eigenvalue weighted by Crippen LogP contribution is 2.00. The van der Waals surface area contributed by atoms with Gasteiger partial charge in [-0.3, -0.25) is 4.18 Å². The van der Waals surface area contributed by atoms with Crippen molar-refractivity contribution in [3.8, 4) is 0 Å². The van der Waals surface area contributed by atoms with Gasteiger partial charge >= 0.3 is 0 Å². The van der Waals surface area contributed by atoms with Crippen molar-refractivity contribution in [3.63, 3.8) is 0 Å². The second kappa shape index (κ2) is 7.51. The largest absolute Gasteiger partial charge is 0.750 e. The molecule has 1 aromatic carbocycles. The lowest BCUT2D eigenvalue weighted by molar-refractivity contribution is 0.208. The van der Waals surface area contributed by atoms with E-state index in [0.29, 0.717) is 6.42 Å². The number of rotatable bonds is 7. The Morgan fingerprint density at radius 2 is 2.12 bits per heavy atom. The number of hydrogen-bond acceptors (Lipinski definition) is 4. The summed E-state index contributed by atoms with van der Waals surface area (Å²) in [6.07, 6.45) is 0.391. The lowest BCUT2D eigenvalue weighted by atomic mass is 10.2. The molecule has 2 atom stereocenters. The second-order valence-corrected chi connectivity index (χ2v) is 4.16. The SMILES string of the molecule is CC(CCNCc1ccccc1)OS(=O)[O-]. The molecule has 0 fully saturated rings. The summed E-state index contributed by atoms with van der Waals surface area (Å²) in [6, 6.07) is 10.0. The summed E-state index contributed by atoms with van der Waals surface area (Å²) in [7, 11) is 0. The molecular weight excluding hydrogens is 226 g/mol. The van der Waals surface area contributed by atoms with Gasteiger partial charge in [-0.1, -0.05) is 30.3 Å². The molecule has 0 aliphatic rings. The highest BCUT2D eigenvalue weighted by molar-refractivity contribution is 7.74. The first-order chi connectivity index (χ1) is 7.68. The average molecular weight is 242 g/mol. The standard InChI is InChI=1S/C11H17NO3S/c1-10(15-16(13)14)7-8-12-9-11-5-3-2-4-6-11/h2-6,10,12H,7-9H2,1H3,(H,13,14)/p-1. The molecule has 0 aliphatic heterocycles. The van der Waals surface area contributed by atoms with E-state index >= 15 is 0 Å². The molecule has 0 spiro atoms. The Hall–Kier alpha value is -0.750. The summed E-state index contributed by atoms with van der Waals surface area (Å²) in [4.78, 5) is 0. The summed E-state index contributed by atoms with van der Waals surface area (Å²) in [5.74, 6) is 0. The minimum absolute atomic E-state index is 0.276. The first-order valence-electron chi connectivity index (χ1n) is 5.19. The van der Waals surface area contributed by atoms with Gasteiger partial charge in [-0.15, -0.1) is 0 Å². The van der Waals surface area contributed by atoms with E-state index in [4.69, 9.17) is 0 Å². The van der Waals surface area contributed by atoms with E-state index in [9.17, 15) is 8.76 Å². The summed E-state index contributed by atoms with van der Waals surface area (Å²) >= 11 is -2.41. The molecule has 2 unspecified atom stereocenters. The topological polar surface area (TPSA) is 61.4 Å². The Kier molecular flexibility index (Phi) is 6.25. The zero-order valence-corrected chi connectivity index (χ0v) is 10.0. The molecule has 5 heteroatoms. The van der Waals surface area contributed by atoms with E-state index in [-0.39, 0.29) is 6.10 Å². The Morgan fingerprint density at radius 1 is 1.44 bits per heavy atom. The van der Waals surface area contributed by atoms with Crippen LogP contribution < -0.4 is 5.32 Å². The highest BCUT2D eigenvalue weighted by atomic mass is 32.2. The molecule has 1 aromatic rings. The first kappa shape index (κ1) is 13.3. The van der Waals surface area contributed by atoms with Crippen LogP contribution in [0.5, 0.6) is 0 Å². The van der Waals surface area contributed by atoms with Gasteiger partial charge in [0, 0.05) is 6.54 Å². The van der Waals surface area contributed by atoms with Gasteiger partial charge in [0.15, 0.2) is 0 Å². The molecule has 4 nitrogen and oxygen atoms in total. The quantitative estimate of drug-likeness (QED) is 0.579. The van der Waals surface area contributed by atoms with Crippen molar-refractivity contribution in [2.24, 2.45) is 0 Å². The van der Waals surface area contributed by atoms with Crippen LogP contribution in [0.1, 0.15) is 18.9 Å². The van der Waals surface area contributed by atoms with Gasteiger partial charge in [-0.25, -0.2) is 4.21 Å². The van der Waals surface area contributed by atoms with Crippen molar-refractivity contribution >= 4 is 11.4 Å². The summed E-state index contributed by atoms with van der Waals surface area (Å²) in [5.41, 5.74) is 1.21. The predicted molar refractivity (Wildman–Crippen MR) is 62.2 cm³/mol. The molecule has 0 aliphatic carbocycles. The van der Waals surface area contributed by atoms with Crippen LogP contribution in [0.25, 0.3) is 0 Å². The predicted octanol–water partition coefficient (Wildman–Crippen LogP) is 1.37. The number of nitrogens with one attached hydrogen (secondary N) is 1. The summed E-state index contributed by atoms with van der Waals surface area (Å²) < 4.78 is 25.0. The summed E-state index contributed by atoms with van der Waals surface area (Å²) in [5, 5.41) is 3.22. The van der Waals surface area contributed by atoms with Crippen LogP contribution in [0.2, 0.25) is 0 Å². The Balaban J connectivity index is 2.10. The van der Waals surface area contributed by atoms with E-state index in [1.54, 1.807) is 6.92 Å². The lowest BCUT2D eigenvalue weighted by Crippen LogP contribution is -2.20. The van der Waals surface area contributed by atoms with Gasteiger partial charge in [0.2, 0.25) is 0 Å². The average Bonchev–Trinajstić information content (AvgIpc) is 2.25. The molecule has 1 N–H and O–H groups in total. The molecular formula is C11H16NO3S-. The van der Waals surface area contributed by atoms with E-state index in [1.807, 2.05) is 30.3 Å². The fraction of sp³-hybridized carbons (Fsp3) is 0.455. The molecule has 0 bridgehead atoms. The zero-order valence-electron chi connectivity index (χ0n) is 9.22. The van der Waals surface area contributed by atoms with Crippen LogP contribution in [0.3, 0.4) is 0 Å². The molecule has 0 heterocycles. The van der Waals surface area contributed by atoms with Crippen molar-refractivity contribution in [1.82, 2.24) is 5.32 Å². The zero-order chi connectivity index (χ0) is 11.8. The maximum atomic E-state index is 10.2. The van der Waals surface area contributed by atoms with Gasteiger partial charge in [0.05, 0.1) is 17.5 Å². The molecule has 90 valence electrons. The molecule has 0 saturated carbocycles. The van der Waals surface area contributed by atoms with Gasteiger partial charge in [0.1, 0.15) is 0 Å². The van der Waals surface area contributed by atoms with E-state index < -0.39 is 11.4 Å². The third kappa shape index (κ3) is 5.97. The molecule has 0 saturated heterocycles. The third-order valence-electron chi connectivity index (χ3n) is 2.14. The maximum absolute atomic E-state index is 10.2. The minimum Gasteiger partial charge on any atom is -0.750 e. The monoisotopic (exact) mass is 242 g/mol. The van der Waals surface area contributed by atoms with Crippen LogP contribution in [0, 0.1) is 0 Å². The van der Waals surface area contributed by atoms with Crippen molar-refractivity contribution < 1.29 is 12.9 Å². The fourth-order valence-corrected chi connectivity index (χ4v) is 1.68. The molecule has 1 rings (SSSR count). The Labute approximate surface area is 98.5 Å². The molecule has 0 amide bonds. The van der Waals surface area contributed by atoms with Gasteiger partial charge in [0.25, 0.3) is 0 Å². The highest BCUT2D eigenvalue weighted by Gasteiger charge is 2.01. The third-order valence-corrected chi connectivity index (χ3v) is 2.63. The van der Waals surface area contributed by atoms with Crippen molar-refractivity contribution in [1.29, 1.82) is 0 Å². The van der Waals surface area contributed by atoms with Crippen LogP contribution in [-0.2, 0) is 22.1 Å². The van der Waals surface area contributed by atoms with Crippen LogP contribution >= 0.6 is 0 Å². The Morgan fingerprint density at radius 3 is 2.75 bits per heavy atom. The number of benzene rings is 1. The fourth-order valence-electron chi connectivity index (χ4n) is 1.32. The lowest BCUT2D eigenvalue weighted by Gasteiger charge is -2.14. The normalized spacial score (nSPS) is 14.6. The van der Waals surface area contributed by atoms with Crippen LogP contribution in [-0.4, -0.2) is 21.4 Å². The smallest absolute Gasteiger partial charge is 0.0844 e. The Bertz CT molecular complexity index is 318. The van der Waals surface area contributed by atoms with Gasteiger partial charge < -0.3 is 9.87 Å². The van der Waals surface area contributed by atoms with E-state index in [2.05, 4.69) is 9.50 Å². The summed E-state index contributed by atoms with van der Waals surface area (Å²) in [6.45, 7) is 3.25. The van der Waals surface area contributed by atoms with E-state index in [0.717, 1.165) is 13.1 Å². The van der Waals surface area contributed by atoms with Gasteiger partial charge in [-0.2, -0.15) is 0 Å². The van der Waals surface area contributed by atoms with Crippen LogP contribution in [0.4, 0.5) is 0 Å². The molecule has 0 aromatic heterocycles. The molecule has 0 radical (unpaired) electrons. The van der Waals surface area contributed by atoms with Crippen molar-refractivity contribution in [3.05, 3.63) is 35.9 Å². The van der Waals surface area contributed by atoms with E-state index in [1.165, 1.54) is 5.56 Å². The minimum atomic E-state index is -2.41. The van der Waals surface area contributed by atoms with Crippen molar-refractivity contribution in [2.45, 2.75) is 26.0 Å². The van der Waals surface area contributed by atoms with Crippen LogP contribution in [0.15, 0.2) is 30.3 Å². The first-order valence-corrected chi connectivity index (χ1v) is 6.19. The molecule has 16 heavy (non-hydrogen) atoms. The number of hydrogen-bond donors (Lipinski definition) is 1. The van der Waals surface area contributed by atoms with Gasteiger partial charge in [-0.05, 0) is 25.5 Å². The van der Waals surface area contributed by atoms with Crippen molar-refractivity contribution in [2.75, 3.05) is 6.54 Å². The second-order valence-electron chi connectivity index (χ2n) is 3.56. The maximum Gasteiger partial charge on any atom is 0.0844 e.